The smallest absolute Gasteiger partial charge is 0.408 e. The number of nitrogens with one attached hydrogen (secondary N) is 1. The summed E-state index contributed by atoms with van der Waals surface area (Å²) in [4.78, 5) is 23.2. The number of rotatable bonds is 1. The Bertz CT molecular complexity index is 566. The molecule has 0 fully saturated rings. The van der Waals surface area contributed by atoms with Crippen LogP contribution in [0.1, 0.15) is 5.56 Å². The van der Waals surface area contributed by atoms with Gasteiger partial charge in [0.1, 0.15) is 0 Å². The lowest BCUT2D eigenvalue weighted by atomic mass is 10.2. The Morgan fingerprint density at radius 2 is 2.21 bits per heavy atom. The molecule has 2 rings (SSSR count). The van der Waals surface area contributed by atoms with Gasteiger partial charge in [0.15, 0.2) is 5.58 Å². The number of nitro benzene ring substituents is 1. The highest BCUT2D eigenvalue weighted by atomic mass is 16.6. The maximum atomic E-state index is 10.8. The van der Waals surface area contributed by atoms with Crippen LogP contribution in [0.25, 0.3) is 11.1 Å². The highest BCUT2D eigenvalue weighted by Crippen LogP contribution is 2.22. The predicted octanol–water partition coefficient (Wildman–Crippen LogP) is 1.34. The first-order valence-corrected chi connectivity index (χ1v) is 3.86. The summed E-state index contributed by atoms with van der Waals surface area (Å²) >= 11 is 0. The van der Waals surface area contributed by atoms with E-state index in [1.807, 2.05) is 0 Å². The lowest BCUT2D eigenvalue weighted by Gasteiger charge is -1.94. The minimum Gasteiger partial charge on any atom is -0.408 e. The second-order valence-corrected chi connectivity index (χ2v) is 2.91. The summed E-state index contributed by atoms with van der Waals surface area (Å²) in [6.07, 6.45) is 0. The van der Waals surface area contributed by atoms with Crippen molar-refractivity contribution < 1.29 is 9.34 Å². The summed E-state index contributed by atoms with van der Waals surface area (Å²) in [6.45, 7) is 1.60. The van der Waals surface area contributed by atoms with Gasteiger partial charge in [0, 0.05) is 5.56 Å². The quantitative estimate of drug-likeness (QED) is 0.547. The van der Waals surface area contributed by atoms with E-state index in [-0.39, 0.29) is 11.3 Å². The molecule has 0 unspecified atom stereocenters. The second-order valence-electron chi connectivity index (χ2n) is 2.91. The van der Waals surface area contributed by atoms with E-state index in [9.17, 15) is 14.9 Å². The zero-order valence-corrected chi connectivity index (χ0v) is 7.23. The highest BCUT2D eigenvalue weighted by molar-refractivity contribution is 5.76. The number of aryl methyl sites for hydroxylation is 1. The molecule has 0 saturated carbocycles. The van der Waals surface area contributed by atoms with Crippen molar-refractivity contribution in [3.63, 3.8) is 0 Å². The van der Waals surface area contributed by atoms with E-state index in [1.54, 1.807) is 6.92 Å². The minimum atomic E-state index is -0.611. The van der Waals surface area contributed by atoms with Crippen LogP contribution in [0.5, 0.6) is 0 Å². The highest BCUT2D eigenvalue weighted by Gasteiger charge is 2.13. The molecule has 0 bridgehead atoms. The van der Waals surface area contributed by atoms with Crippen molar-refractivity contribution in [1.82, 2.24) is 4.98 Å². The topological polar surface area (TPSA) is 89.1 Å². The number of nitro groups is 1. The molecule has 0 radical (unpaired) electrons. The first kappa shape index (κ1) is 8.49. The Balaban J connectivity index is 2.82. The van der Waals surface area contributed by atoms with Gasteiger partial charge in [-0.3, -0.25) is 15.1 Å². The molecule has 0 saturated heterocycles. The summed E-state index contributed by atoms with van der Waals surface area (Å²) in [6, 6.07) is 2.75. The van der Waals surface area contributed by atoms with E-state index in [0.29, 0.717) is 11.1 Å². The molecular formula is C8H6N2O4. The van der Waals surface area contributed by atoms with Gasteiger partial charge in [-0.25, -0.2) is 4.79 Å². The van der Waals surface area contributed by atoms with Crippen LogP contribution in [-0.4, -0.2) is 9.91 Å². The van der Waals surface area contributed by atoms with Crippen molar-refractivity contribution in [2.45, 2.75) is 6.92 Å². The zero-order valence-electron chi connectivity index (χ0n) is 7.23. The third-order valence-corrected chi connectivity index (χ3v) is 1.93. The number of nitrogens with zero attached hydrogens (tertiary/aromatic N) is 1. The minimum absolute atomic E-state index is 0.0553. The van der Waals surface area contributed by atoms with E-state index in [0.717, 1.165) is 0 Å². The summed E-state index contributed by atoms with van der Waals surface area (Å²) in [7, 11) is 0. The fraction of sp³-hybridized carbons (Fsp3) is 0.125. The number of oxazole rings is 1. The van der Waals surface area contributed by atoms with Crippen LogP contribution < -0.4 is 5.76 Å². The number of benzene rings is 1. The van der Waals surface area contributed by atoms with Crippen molar-refractivity contribution in [2.24, 2.45) is 0 Å². The number of aromatic amines is 1. The number of aromatic nitrogens is 1. The molecule has 0 atom stereocenters. The Hall–Kier alpha value is -2.11. The number of hydrogen-bond acceptors (Lipinski definition) is 4. The summed E-state index contributed by atoms with van der Waals surface area (Å²) in [5, 5.41) is 10.5. The van der Waals surface area contributed by atoms with E-state index in [2.05, 4.69) is 4.98 Å². The van der Waals surface area contributed by atoms with Gasteiger partial charge < -0.3 is 4.42 Å². The first-order valence-electron chi connectivity index (χ1n) is 3.86. The van der Waals surface area contributed by atoms with Crippen LogP contribution in [0.4, 0.5) is 5.69 Å². The molecule has 1 N–H and O–H groups in total. The fourth-order valence-electron chi connectivity index (χ4n) is 1.29. The normalized spacial score (nSPS) is 10.6. The van der Waals surface area contributed by atoms with E-state index < -0.39 is 10.7 Å². The molecule has 1 aromatic carbocycles. The van der Waals surface area contributed by atoms with Crippen LogP contribution in [0.3, 0.4) is 0 Å². The molecule has 72 valence electrons. The van der Waals surface area contributed by atoms with Crippen molar-refractivity contribution in [3.8, 4) is 0 Å². The van der Waals surface area contributed by atoms with Crippen molar-refractivity contribution in [1.29, 1.82) is 0 Å². The number of hydrogen-bond donors (Lipinski definition) is 1. The summed E-state index contributed by atoms with van der Waals surface area (Å²) in [5.41, 5.74) is 1.10. The van der Waals surface area contributed by atoms with Crippen LogP contribution in [0.2, 0.25) is 0 Å². The zero-order chi connectivity index (χ0) is 10.3. The van der Waals surface area contributed by atoms with Gasteiger partial charge >= 0.3 is 5.76 Å². The Morgan fingerprint density at radius 3 is 2.86 bits per heavy atom. The maximum absolute atomic E-state index is 10.8. The predicted molar refractivity (Wildman–Crippen MR) is 48.2 cm³/mol. The molecule has 1 aromatic heterocycles. The molecule has 2 aromatic rings. The average Bonchev–Trinajstić information content (AvgIpc) is 2.42. The maximum Gasteiger partial charge on any atom is 0.417 e. The second kappa shape index (κ2) is 2.69. The first-order chi connectivity index (χ1) is 6.58. The van der Waals surface area contributed by atoms with Gasteiger partial charge in [0.25, 0.3) is 5.69 Å². The SMILES string of the molecule is Cc1cc2[nH]c(=O)oc2cc1[N+](=O)[O-]. The fourth-order valence-corrected chi connectivity index (χ4v) is 1.29. The molecule has 6 nitrogen and oxygen atoms in total. The number of H-pyrrole nitrogens is 1. The third kappa shape index (κ3) is 1.17. The molecule has 14 heavy (non-hydrogen) atoms. The summed E-state index contributed by atoms with van der Waals surface area (Å²) in [5.74, 6) is -0.611. The molecule has 0 aliphatic rings. The Morgan fingerprint density at radius 1 is 1.50 bits per heavy atom. The average molecular weight is 194 g/mol. The molecule has 6 heteroatoms. The Kier molecular flexibility index (Phi) is 1.63. The molecule has 0 spiro atoms. The van der Waals surface area contributed by atoms with Gasteiger partial charge in [-0.15, -0.1) is 0 Å². The van der Waals surface area contributed by atoms with Crippen LogP contribution >= 0.6 is 0 Å². The van der Waals surface area contributed by atoms with E-state index >= 15 is 0 Å². The van der Waals surface area contributed by atoms with Crippen LogP contribution in [0.15, 0.2) is 21.3 Å². The van der Waals surface area contributed by atoms with Gasteiger partial charge in [-0.1, -0.05) is 0 Å². The van der Waals surface area contributed by atoms with Gasteiger partial charge in [0.05, 0.1) is 16.5 Å². The molecular weight excluding hydrogens is 188 g/mol. The summed E-state index contributed by atoms with van der Waals surface area (Å²) < 4.78 is 4.70. The van der Waals surface area contributed by atoms with Crippen molar-refractivity contribution in [3.05, 3.63) is 38.4 Å². The lowest BCUT2D eigenvalue weighted by Crippen LogP contribution is -1.93. The van der Waals surface area contributed by atoms with Gasteiger partial charge in [0.2, 0.25) is 0 Å². The van der Waals surface area contributed by atoms with Crippen molar-refractivity contribution >= 4 is 16.8 Å². The molecule has 1 heterocycles. The third-order valence-electron chi connectivity index (χ3n) is 1.93. The van der Waals surface area contributed by atoms with E-state index in [1.165, 1.54) is 12.1 Å². The number of fused-ring (bicyclic) bond motifs is 1. The standard InChI is InChI=1S/C8H6N2O4/c1-4-2-5-7(14-8(11)9-5)3-6(4)10(12)13/h2-3H,1H3,(H,9,11). The van der Waals surface area contributed by atoms with Gasteiger partial charge in [-0.05, 0) is 13.0 Å². The Labute approximate surface area is 77.3 Å². The molecule has 0 amide bonds. The van der Waals surface area contributed by atoms with Gasteiger partial charge in [-0.2, -0.15) is 0 Å². The largest absolute Gasteiger partial charge is 0.417 e. The molecule has 0 aliphatic carbocycles. The van der Waals surface area contributed by atoms with E-state index in [4.69, 9.17) is 4.42 Å². The van der Waals surface area contributed by atoms with Crippen molar-refractivity contribution in [2.75, 3.05) is 0 Å². The lowest BCUT2D eigenvalue weighted by molar-refractivity contribution is -0.385. The monoisotopic (exact) mass is 194 g/mol. The van der Waals surface area contributed by atoms with Crippen LogP contribution in [-0.2, 0) is 0 Å². The van der Waals surface area contributed by atoms with Crippen LogP contribution in [0, 0.1) is 17.0 Å². The molecule has 0 aliphatic heterocycles.